The predicted molar refractivity (Wildman–Crippen MR) is 124 cm³/mol. The Balaban J connectivity index is 1.27. The Labute approximate surface area is 208 Å². The number of alkyl halides is 2. The second kappa shape index (κ2) is 9.26. The molecule has 2 aliphatic heterocycles. The molecule has 36 heavy (non-hydrogen) atoms. The summed E-state index contributed by atoms with van der Waals surface area (Å²) in [6, 6.07) is 12.8. The zero-order valence-corrected chi connectivity index (χ0v) is 20.1. The summed E-state index contributed by atoms with van der Waals surface area (Å²) in [4.78, 5) is 38.3. The molecule has 3 heterocycles. The van der Waals surface area contributed by atoms with Crippen molar-refractivity contribution in [2.45, 2.75) is 30.5 Å². The molecule has 13 heteroatoms. The van der Waals surface area contributed by atoms with Crippen LogP contribution < -0.4 is 16.2 Å². The molecule has 1 saturated heterocycles. The number of hydrogen-bond acceptors (Lipinski definition) is 6. The van der Waals surface area contributed by atoms with Crippen molar-refractivity contribution in [1.29, 1.82) is 0 Å². The normalized spacial score (nSPS) is 25.2. The quantitative estimate of drug-likeness (QED) is 0.331. The molecule has 2 aromatic carbocycles. The number of nitrogens with one attached hydrogen (secondary N) is 2. The van der Waals surface area contributed by atoms with E-state index in [2.05, 4.69) is 10.6 Å². The number of halogens is 2. The van der Waals surface area contributed by atoms with E-state index in [1.54, 1.807) is 33.9 Å². The maximum absolute atomic E-state index is 14.3. The van der Waals surface area contributed by atoms with Crippen LogP contribution in [0.4, 0.5) is 13.6 Å². The summed E-state index contributed by atoms with van der Waals surface area (Å²) < 4.78 is 36.3. The first-order valence-electron chi connectivity index (χ1n) is 10.8. The van der Waals surface area contributed by atoms with Gasteiger partial charge in [0.2, 0.25) is 0 Å². The third kappa shape index (κ3) is 4.14. The molecule has 1 fully saturated rings. The van der Waals surface area contributed by atoms with Gasteiger partial charge in [0.05, 0.1) is 6.61 Å². The third-order valence-corrected chi connectivity index (χ3v) is 8.24. The van der Waals surface area contributed by atoms with E-state index >= 15 is 0 Å². The van der Waals surface area contributed by atoms with Crippen molar-refractivity contribution < 1.29 is 33.3 Å². The van der Waals surface area contributed by atoms with E-state index in [4.69, 9.17) is 9.84 Å². The van der Waals surface area contributed by atoms with Gasteiger partial charge in [0.15, 0.2) is 6.10 Å². The predicted octanol–water partition coefficient (Wildman–Crippen LogP) is 0.356. The molecule has 188 valence electrons. The number of benzene rings is 2. The van der Waals surface area contributed by atoms with Gasteiger partial charge in [-0.25, -0.2) is 0 Å². The SMILES string of the molecule is O=C(NC1C=CN(C2OC(CO)C(O)C2(F)F)C(=O)N1)c1ccc(-n2[se]c3ccccc3c2=O)cc1. The minimum atomic E-state index is -3.81. The number of carbonyl (C=O) groups is 2. The summed E-state index contributed by atoms with van der Waals surface area (Å²) in [5.41, 5.74) is 0.812. The van der Waals surface area contributed by atoms with Gasteiger partial charge in [-0.3, -0.25) is 0 Å². The molecule has 0 radical (unpaired) electrons. The van der Waals surface area contributed by atoms with Crippen LogP contribution in [0.3, 0.4) is 0 Å². The van der Waals surface area contributed by atoms with Crippen LogP contribution in [0.5, 0.6) is 0 Å². The van der Waals surface area contributed by atoms with E-state index < -0.39 is 49.1 Å². The van der Waals surface area contributed by atoms with Crippen LogP contribution in [0.1, 0.15) is 10.4 Å². The Morgan fingerprint density at radius 2 is 1.89 bits per heavy atom. The van der Waals surface area contributed by atoms with E-state index in [-0.39, 0.29) is 25.9 Å². The number of hydrogen-bond donors (Lipinski definition) is 4. The second-order valence-corrected chi connectivity index (χ2v) is 10.3. The van der Waals surface area contributed by atoms with Crippen molar-refractivity contribution in [3.8, 4) is 5.69 Å². The van der Waals surface area contributed by atoms with Gasteiger partial charge in [-0.05, 0) is 0 Å². The van der Waals surface area contributed by atoms with E-state index in [1.807, 2.05) is 18.2 Å². The number of ether oxygens (including phenoxy) is 1. The molecular formula is C23H20F2N4O6Se. The van der Waals surface area contributed by atoms with Crippen molar-refractivity contribution in [2.24, 2.45) is 0 Å². The van der Waals surface area contributed by atoms with Crippen LogP contribution in [0.25, 0.3) is 15.3 Å². The maximum atomic E-state index is 14.3. The first kappa shape index (κ1) is 24.3. The molecule has 10 nitrogen and oxygen atoms in total. The second-order valence-electron chi connectivity index (χ2n) is 8.21. The van der Waals surface area contributed by atoms with Gasteiger partial charge in [0.25, 0.3) is 0 Å². The summed E-state index contributed by atoms with van der Waals surface area (Å²) in [5, 5.41) is 24.4. The van der Waals surface area contributed by atoms with Crippen LogP contribution in [-0.2, 0) is 4.74 Å². The monoisotopic (exact) mass is 566 g/mol. The first-order chi connectivity index (χ1) is 17.2. The van der Waals surface area contributed by atoms with Gasteiger partial charge in [0.1, 0.15) is 6.10 Å². The summed E-state index contributed by atoms with van der Waals surface area (Å²) in [6.07, 6.45) is -4.64. The van der Waals surface area contributed by atoms with Crippen molar-refractivity contribution in [2.75, 3.05) is 6.61 Å². The molecular weight excluding hydrogens is 545 g/mol. The molecule has 4 unspecified atom stereocenters. The van der Waals surface area contributed by atoms with Gasteiger partial charge < -0.3 is 14.9 Å². The molecule has 0 saturated carbocycles. The van der Waals surface area contributed by atoms with Gasteiger partial charge in [0, 0.05) is 0 Å². The van der Waals surface area contributed by atoms with Crippen molar-refractivity contribution in [3.63, 3.8) is 0 Å². The number of nitrogens with zero attached hydrogens (tertiary/aromatic N) is 2. The van der Waals surface area contributed by atoms with E-state index in [0.717, 1.165) is 10.5 Å². The molecule has 4 N–H and O–H groups in total. The number of aliphatic hydroxyl groups excluding tert-OH is 2. The van der Waals surface area contributed by atoms with Crippen molar-refractivity contribution in [1.82, 2.24) is 19.1 Å². The van der Waals surface area contributed by atoms with E-state index in [1.165, 1.54) is 6.08 Å². The van der Waals surface area contributed by atoms with E-state index in [9.17, 15) is 28.3 Å². The van der Waals surface area contributed by atoms with Crippen LogP contribution in [-0.4, -0.2) is 82.5 Å². The zero-order chi connectivity index (χ0) is 25.6. The first-order valence-corrected chi connectivity index (χ1v) is 12.4. The van der Waals surface area contributed by atoms with Crippen LogP contribution in [0.2, 0.25) is 0 Å². The Kier molecular flexibility index (Phi) is 6.27. The van der Waals surface area contributed by atoms with Crippen molar-refractivity contribution in [3.05, 3.63) is 76.7 Å². The van der Waals surface area contributed by atoms with Gasteiger partial charge >= 0.3 is 166 Å². The summed E-state index contributed by atoms with van der Waals surface area (Å²) in [6.45, 7) is -0.844. The fourth-order valence-electron chi connectivity index (χ4n) is 4.00. The molecule has 3 amide bonds. The van der Waals surface area contributed by atoms with E-state index in [0.29, 0.717) is 16.0 Å². The molecule has 1 aromatic heterocycles. The number of urea groups is 1. The van der Waals surface area contributed by atoms with Crippen LogP contribution in [0, 0.1) is 0 Å². The number of fused-ring (bicyclic) bond motifs is 1. The summed E-state index contributed by atoms with van der Waals surface area (Å²) >= 11 is -0.215. The molecule has 0 bridgehead atoms. The van der Waals surface area contributed by atoms with Gasteiger partial charge in [-0.15, -0.1) is 0 Å². The fraction of sp³-hybridized carbons (Fsp3) is 0.261. The molecule has 2 aliphatic rings. The van der Waals surface area contributed by atoms with Crippen molar-refractivity contribution >= 4 is 36.3 Å². The number of aliphatic hydroxyl groups is 2. The van der Waals surface area contributed by atoms with Gasteiger partial charge in [-0.1, -0.05) is 0 Å². The molecule has 4 atom stereocenters. The molecule has 0 aliphatic carbocycles. The van der Waals surface area contributed by atoms with Gasteiger partial charge in [-0.2, -0.15) is 8.78 Å². The topological polar surface area (TPSA) is 133 Å². The Morgan fingerprint density at radius 1 is 1.17 bits per heavy atom. The third-order valence-electron chi connectivity index (χ3n) is 5.91. The standard InChI is InChI=1S/C23H20F2N4O6Se/c24-23(25)18(31)15(11-30)35-21(23)28-10-9-17(27-22(28)34)26-19(32)12-5-7-13(8-6-12)29-20(33)14-3-1-2-4-16(14)36-29/h1-10,15,17-18,21,30-31H,11H2,(H,26,32)(H,27,34). The number of rotatable bonds is 5. The summed E-state index contributed by atoms with van der Waals surface area (Å²) in [5.74, 6) is -4.35. The zero-order valence-electron chi connectivity index (χ0n) is 18.4. The summed E-state index contributed by atoms with van der Waals surface area (Å²) in [7, 11) is 0. The van der Waals surface area contributed by atoms with Crippen LogP contribution >= 0.6 is 0 Å². The number of amides is 3. The Hall–Kier alpha value is -3.35. The number of carbonyl (C=O) groups excluding carboxylic acids is 2. The average Bonchev–Trinajstić information content (AvgIpc) is 3.32. The number of aromatic nitrogens is 1. The average molecular weight is 565 g/mol. The molecule has 5 rings (SSSR count). The molecule has 3 aromatic rings. The minimum absolute atomic E-state index is 0.0999. The Bertz CT molecular complexity index is 1410. The van der Waals surface area contributed by atoms with Crippen LogP contribution in [0.15, 0.2) is 65.6 Å². The fourth-order valence-corrected chi connectivity index (χ4v) is 6.10. The Morgan fingerprint density at radius 3 is 2.53 bits per heavy atom. The molecule has 0 spiro atoms.